The Morgan fingerprint density at radius 2 is 1.03 bits per heavy atom. The molecular weight excluding hydrogens is 428 g/mol. The van der Waals surface area contributed by atoms with Crippen molar-refractivity contribution in [3.05, 3.63) is 120 Å². The zero-order valence-electron chi connectivity index (χ0n) is 21.7. The minimum atomic E-state index is -0.549. The van der Waals surface area contributed by atoms with Crippen LogP contribution in [-0.2, 0) is 10.8 Å². The fourth-order valence-electron chi connectivity index (χ4n) is 3.94. The standard InChI is InChI=1S/C33H36O2/c1-32(2,3)27-17-21-30(22-18-27)35-31(25-11-8-7-9-12-25)34-29-19-15-24(16-20-29)26-13-10-14-28(23-26)33(4,5)6/h7-23,31H,1-6H3. The molecule has 0 aliphatic heterocycles. The Kier molecular flexibility index (Phi) is 7.03. The summed E-state index contributed by atoms with van der Waals surface area (Å²) in [4.78, 5) is 0. The molecule has 2 heteroatoms. The molecular formula is C33H36O2. The van der Waals surface area contributed by atoms with E-state index in [0.717, 1.165) is 17.1 Å². The molecule has 0 N–H and O–H groups in total. The van der Waals surface area contributed by atoms with Gasteiger partial charge in [-0.2, -0.15) is 0 Å². The molecule has 0 aromatic heterocycles. The fourth-order valence-corrected chi connectivity index (χ4v) is 3.94. The predicted molar refractivity (Wildman–Crippen MR) is 146 cm³/mol. The molecule has 0 saturated heterocycles. The van der Waals surface area contributed by atoms with E-state index in [9.17, 15) is 0 Å². The number of benzene rings is 4. The molecule has 180 valence electrons. The van der Waals surface area contributed by atoms with Gasteiger partial charge in [-0.1, -0.05) is 120 Å². The highest BCUT2D eigenvalue weighted by atomic mass is 16.7. The third kappa shape index (κ3) is 6.33. The number of ether oxygens (including phenoxy) is 2. The summed E-state index contributed by atoms with van der Waals surface area (Å²) in [6.07, 6.45) is -0.549. The van der Waals surface area contributed by atoms with E-state index in [1.165, 1.54) is 22.3 Å². The maximum atomic E-state index is 6.35. The van der Waals surface area contributed by atoms with E-state index in [1.807, 2.05) is 54.6 Å². The van der Waals surface area contributed by atoms with E-state index >= 15 is 0 Å². The average molecular weight is 465 g/mol. The third-order valence-electron chi connectivity index (χ3n) is 6.19. The monoisotopic (exact) mass is 464 g/mol. The smallest absolute Gasteiger partial charge is 0.267 e. The van der Waals surface area contributed by atoms with Crippen LogP contribution in [0.4, 0.5) is 0 Å². The molecule has 0 spiro atoms. The quantitative estimate of drug-likeness (QED) is 0.265. The van der Waals surface area contributed by atoms with Crippen molar-refractivity contribution in [3.63, 3.8) is 0 Å². The van der Waals surface area contributed by atoms with Crippen LogP contribution in [0.15, 0.2) is 103 Å². The second-order valence-electron chi connectivity index (χ2n) is 11.1. The Morgan fingerprint density at radius 1 is 0.486 bits per heavy atom. The molecule has 4 aromatic carbocycles. The molecule has 0 bridgehead atoms. The van der Waals surface area contributed by atoms with Crippen molar-refractivity contribution in [2.75, 3.05) is 0 Å². The molecule has 0 saturated carbocycles. The highest BCUT2D eigenvalue weighted by Gasteiger charge is 2.18. The SMILES string of the molecule is CC(C)(C)c1ccc(OC(Oc2ccc(-c3cccc(C(C)(C)C)c3)cc2)c2ccccc2)cc1. The van der Waals surface area contributed by atoms with Gasteiger partial charge in [-0.15, -0.1) is 0 Å². The first-order chi connectivity index (χ1) is 16.6. The summed E-state index contributed by atoms with van der Waals surface area (Å²) >= 11 is 0. The molecule has 4 rings (SSSR count). The zero-order valence-corrected chi connectivity index (χ0v) is 21.7. The largest absolute Gasteiger partial charge is 0.451 e. The normalized spacial score (nSPS) is 12.7. The Bertz CT molecular complexity index is 1230. The first-order valence-electron chi connectivity index (χ1n) is 12.3. The highest BCUT2D eigenvalue weighted by Crippen LogP contribution is 2.31. The number of hydrogen-bond acceptors (Lipinski definition) is 2. The zero-order chi connectivity index (χ0) is 25.1. The first-order valence-corrected chi connectivity index (χ1v) is 12.3. The van der Waals surface area contributed by atoms with Crippen LogP contribution in [-0.4, -0.2) is 0 Å². The van der Waals surface area contributed by atoms with Crippen LogP contribution in [0.2, 0.25) is 0 Å². The Labute approximate surface area is 210 Å². The Balaban J connectivity index is 1.55. The summed E-state index contributed by atoms with van der Waals surface area (Å²) in [6, 6.07) is 35.3. The van der Waals surface area contributed by atoms with Gasteiger partial charge in [0.2, 0.25) is 0 Å². The van der Waals surface area contributed by atoms with Crippen molar-refractivity contribution >= 4 is 0 Å². The fraction of sp³-hybridized carbons (Fsp3) is 0.273. The number of hydrogen-bond donors (Lipinski definition) is 0. The summed E-state index contributed by atoms with van der Waals surface area (Å²) in [6.45, 7) is 13.3. The molecule has 0 radical (unpaired) electrons. The van der Waals surface area contributed by atoms with E-state index in [-0.39, 0.29) is 10.8 Å². The van der Waals surface area contributed by atoms with E-state index < -0.39 is 6.29 Å². The lowest BCUT2D eigenvalue weighted by Crippen LogP contribution is -2.15. The minimum Gasteiger partial charge on any atom is -0.451 e. The van der Waals surface area contributed by atoms with Gasteiger partial charge in [0.25, 0.3) is 6.29 Å². The van der Waals surface area contributed by atoms with Gasteiger partial charge in [0.05, 0.1) is 0 Å². The lowest BCUT2D eigenvalue weighted by molar-refractivity contribution is 0.00380. The average Bonchev–Trinajstić information content (AvgIpc) is 2.84. The van der Waals surface area contributed by atoms with Gasteiger partial charge in [-0.05, 0) is 57.3 Å². The van der Waals surface area contributed by atoms with E-state index in [0.29, 0.717) is 0 Å². The van der Waals surface area contributed by atoms with Gasteiger partial charge in [0.1, 0.15) is 11.5 Å². The lowest BCUT2D eigenvalue weighted by atomic mass is 9.85. The van der Waals surface area contributed by atoms with Gasteiger partial charge in [0, 0.05) is 5.56 Å². The van der Waals surface area contributed by atoms with Crippen molar-refractivity contribution in [3.8, 4) is 22.6 Å². The molecule has 35 heavy (non-hydrogen) atoms. The van der Waals surface area contributed by atoms with Crippen LogP contribution >= 0.6 is 0 Å². The number of rotatable bonds is 6. The molecule has 0 fully saturated rings. The van der Waals surface area contributed by atoms with Gasteiger partial charge in [0.15, 0.2) is 0 Å². The van der Waals surface area contributed by atoms with Gasteiger partial charge in [-0.3, -0.25) is 0 Å². The van der Waals surface area contributed by atoms with Crippen LogP contribution in [0.3, 0.4) is 0 Å². The molecule has 0 aliphatic rings. The molecule has 1 atom stereocenters. The second-order valence-corrected chi connectivity index (χ2v) is 11.1. The van der Waals surface area contributed by atoms with Crippen LogP contribution in [0.1, 0.15) is 64.5 Å². The molecule has 0 amide bonds. The van der Waals surface area contributed by atoms with Crippen LogP contribution in [0.25, 0.3) is 11.1 Å². The lowest BCUT2D eigenvalue weighted by Gasteiger charge is -2.23. The highest BCUT2D eigenvalue weighted by molar-refractivity contribution is 5.65. The van der Waals surface area contributed by atoms with Gasteiger partial charge < -0.3 is 9.47 Å². The Morgan fingerprint density at radius 3 is 1.57 bits per heavy atom. The molecule has 2 nitrogen and oxygen atoms in total. The third-order valence-corrected chi connectivity index (χ3v) is 6.19. The van der Waals surface area contributed by atoms with Crippen LogP contribution in [0.5, 0.6) is 11.5 Å². The molecule has 4 aromatic rings. The second kappa shape index (κ2) is 10.00. The summed E-state index contributed by atoms with van der Waals surface area (Å²) in [5.74, 6) is 1.54. The topological polar surface area (TPSA) is 18.5 Å². The van der Waals surface area contributed by atoms with Crippen molar-refractivity contribution in [2.45, 2.75) is 58.7 Å². The van der Waals surface area contributed by atoms with Crippen molar-refractivity contribution in [1.29, 1.82) is 0 Å². The molecule has 1 unspecified atom stereocenters. The minimum absolute atomic E-state index is 0.0992. The van der Waals surface area contributed by atoms with Gasteiger partial charge >= 0.3 is 0 Å². The van der Waals surface area contributed by atoms with Crippen molar-refractivity contribution in [1.82, 2.24) is 0 Å². The Hall–Kier alpha value is -3.52. The van der Waals surface area contributed by atoms with E-state index in [2.05, 4.69) is 90.1 Å². The van der Waals surface area contributed by atoms with Crippen molar-refractivity contribution in [2.24, 2.45) is 0 Å². The van der Waals surface area contributed by atoms with E-state index in [1.54, 1.807) is 0 Å². The summed E-state index contributed by atoms with van der Waals surface area (Å²) in [5.41, 5.74) is 6.15. The predicted octanol–water partition coefficient (Wildman–Crippen LogP) is 9.11. The van der Waals surface area contributed by atoms with E-state index in [4.69, 9.17) is 9.47 Å². The summed E-state index contributed by atoms with van der Waals surface area (Å²) < 4.78 is 12.7. The molecule has 0 aliphatic carbocycles. The maximum absolute atomic E-state index is 6.35. The summed E-state index contributed by atoms with van der Waals surface area (Å²) in [5, 5.41) is 0. The first kappa shape index (κ1) is 24.6. The van der Waals surface area contributed by atoms with Crippen LogP contribution < -0.4 is 9.47 Å². The molecule has 0 heterocycles. The van der Waals surface area contributed by atoms with Crippen molar-refractivity contribution < 1.29 is 9.47 Å². The van der Waals surface area contributed by atoms with Crippen LogP contribution in [0, 0.1) is 0 Å². The van der Waals surface area contributed by atoms with Gasteiger partial charge in [-0.25, -0.2) is 0 Å². The maximum Gasteiger partial charge on any atom is 0.267 e. The summed E-state index contributed by atoms with van der Waals surface area (Å²) in [7, 11) is 0.